The van der Waals surface area contributed by atoms with Gasteiger partial charge in [0.1, 0.15) is 0 Å². The first kappa shape index (κ1) is 16.5. The summed E-state index contributed by atoms with van der Waals surface area (Å²) in [6.45, 7) is 2.73. The summed E-state index contributed by atoms with van der Waals surface area (Å²) in [5.74, 6) is -0.0554. The lowest BCUT2D eigenvalue weighted by molar-refractivity contribution is -0.121. The molecule has 2 rings (SSSR count). The zero-order chi connectivity index (χ0) is 15.8. The molecule has 1 atom stereocenters. The van der Waals surface area contributed by atoms with Crippen molar-refractivity contribution in [3.8, 4) is 0 Å². The van der Waals surface area contributed by atoms with E-state index in [1.807, 2.05) is 37.3 Å². The number of rotatable bonds is 8. The van der Waals surface area contributed by atoms with E-state index in [1.54, 1.807) is 11.3 Å². The van der Waals surface area contributed by atoms with Gasteiger partial charge in [0.15, 0.2) is 0 Å². The molecular formula is C17H22N2O2S. The van der Waals surface area contributed by atoms with Crippen LogP contribution in [0.25, 0.3) is 0 Å². The van der Waals surface area contributed by atoms with Gasteiger partial charge < -0.3 is 15.7 Å². The number of carbonyl (C=O) groups is 1. The van der Waals surface area contributed by atoms with Gasteiger partial charge in [0, 0.05) is 17.1 Å². The fourth-order valence-corrected chi connectivity index (χ4v) is 2.73. The van der Waals surface area contributed by atoms with Gasteiger partial charge in [-0.3, -0.25) is 4.79 Å². The molecule has 22 heavy (non-hydrogen) atoms. The Morgan fingerprint density at radius 1 is 1.27 bits per heavy atom. The summed E-state index contributed by atoms with van der Waals surface area (Å²) in [5.41, 5.74) is 2.01. The maximum Gasteiger partial charge on any atom is 0.224 e. The van der Waals surface area contributed by atoms with Gasteiger partial charge in [0.2, 0.25) is 5.91 Å². The Kier molecular flexibility index (Phi) is 6.43. The molecule has 0 bridgehead atoms. The Balaban J connectivity index is 1.82. The number of aliphatic hydroxyl groups excluding tert-OH is 1. The summed E-state index contributed by atoms with van der Waals surface area (Å²) in [6.07, 6.45) is 1.07. The number of anilines is 1. The van der Waals surface area contributed by atoms with Crippen LogP contribution >= 0.6 is 11.3 Å². The second-order valence-electron chi connectivity index (χ2n) is 5.16. The molecule has 118 valence electrons. The highest BCUT2D eigenvalue weighted by atomic mass is 32.1. The number of nitrogens with one attached hydrogen (secondary N) is 2. The van der Waals surface area contributed by atoms with Crippen LogP contribution in [0.4, 0.5) is 5.69 Å². The summed E-state index contributed by atoms with van der Waals surface area (Å²) in [4.78, 5) is 13.2. The number of hydrogen-bond acceptors (Lipinski definition) is 4. The molecule has 2 aromatic rings. The normalized spacial score (nSPS) is 11.9. The van der Waals surface area contributed by atoms with E-state index in [9.17, 15) is 4.79 Å². The van der Waals surface area contributed by atoms with Crippen molar-refractivity contribution in [3.63, 3.8) is 0 Å². The van der Waals surface area contributed by atoms with Gasteiger partial charge in [-0.15, -0.1) is 11.3 Å². The fraction of sp³-hybridized carbons (Fsp3) is 0.353. The molecule has 0 radical (unpaired) electrons. The fourth-order valence-electron chi connectivity index (χ4n) is 2.08. The van der Waals surface area contributed by atoms with Gasteiger partial charge in [-0.05, 0) is 35.6 Å². The number of benzene rings is 1. The Bertz CT molecular complexity index is 563. The van der Waals surface area contributed by atoms with Crippen LogP contribution in [0.15, 0.2) is 41.8 Å². The van der Waals surface area contributed by atoms with Crippen LogP contribution in [0.5, 0.6) is 0 Å². The number of amides is 1. The van der Waals surface area contributed by atoms with Crippen LogP contribution in [0, 0.1) is 0 Å². The third-order valence-electron chi connectivity index (χ3n) is 3.44. The van der Waals surface area contributed by atoms with Crippen molar-refractivity contribution >= 4 is 22.9 Å². The Hall–Kier alpha value is -1.85. The van der Waals surface area contributed by atoms with Gasteiger partial charge in [0.25, 0.3) is 0 Å². The van der Waals surface area contributed by atoms with Gasteiger partial charge in [-0.2, -0.15) is 0 Å². The molecule has 0 spiro atoms. The van der Waals surface area contributed by atoms with Crippen LogP contribution in [0.2, 0.25) is 0 Å². The van der Waals surface area contributed by atoms with E-state index < -0.39 is 0 Å². The lowest BCUT2D eigenvalue weighted by Gasteiger charge is -2.14. The molecular weight excluding hydrogens is 296 g/mol. The zero-order valence-electron chi connectivity index (χ0n) is 12.7. The van der Waals surface area contributed by atoms with E-state index in [-0.39, 0.29) is 18.6 Å². The third kappa shape index (κ3) is 5.16. The molecule has 0 aliphatic heterocycles. The predicted molar refractivity (Wildman–Crippen MR) is 91.1 cm³/mol. The average molecular weight is 318 g/mol. The van der Waals surface area contributed by atoms with E-state index in [2.05, 4.69) is 22.1 Å². The van der Waals surface area contributed by atoms with Crippen LogP contribution in [-0.2, 0) is 17.8 Å². The van der Waals surface area contributed by atoms with Crippen LogP contribution < -0.4 is 10.6 Å². The first-order valence-electron chi connectivity index (χ1n) is 7.46. The Morgan fingerprint density at radius 3 is 2.64 bits per heavy atom. The monoisotopic (exact) mass is 318 g/mol. The average Bonchev–Trinajstić information content (AvgIpc) is 3.05. The molecule has 4 nitrogen and oxygen atoms in total. The number of thiophene rings is 1. The van der Waals surface area contributed by atoms with Crippen molar-refractivity contribution < 1.29 is 9.90 Å². The number of carbonyl (C=O) groups excluding carboxylic acids is 1. The molecule has 0 aliphatic rings. The van der Waals surface area contributed by atoms with Crippen molar-refractivity contribution in [2.24, 2.45) is 0 Å². The molecule has 0 aliphatic carbocycles. The van der Waals surface area contributed by atoms with Crippen LogP contribution in [-0.4, -0.2) is 23.7 Å². The van der Waals surface area contributed by atoms with E-state index in [1.165, 1.54) is 4.88 Å². The molecule has 1 heterocycles. The summed E-state index contributed by atoms with van der Waals surface area (Å²) in [5, 5.41) is 17.3. The minimum absolute atomic E-state index is 0.0200. The smallest absolute Gasteiger partial charge is 0.224 e. The van der Waals surface area contributed by atoms with E-state index >= 15 is 0 Å². The van der Waals surface area contributed by atoms with Crippen molar-refractivity contribution in [2.45, 2.75) is 32.4 Å². The highest BCUT2D eigenvalue weighted by molar-refractivity contribution is 7.09. The molecule has 0 saturated heterocycles. The molecule has 0 saturated carbocycles. The largest absolute Gasteiger partial charge is 0.394 e. The SMILES string of the molecule is CCC(CO)NC(=O)Cc1ccc(NCc2cccs2)cc1. The maximum atomic E-state index is 11.9. The number of hydrogen-bond donors (Lipinski definition) is 3. The summed E-state index contributed by atoms with van der Waals surface area (Å²) >= 11 is 1.73. The first-order valence-corrected chi connectivity index (χ1v) is 8.34. The lowest BCUT2D eigenvalue weighted by atomic mass is 10.1. The molecule has 0 fully saturated rings. The summed E-state index contributed by atoms with van der Waals surface area (Å²) in [6, 6.07) is 11.9. The third-order valence-corrected chi connectivity index (χ3v) is 4.32. The minimum Gasteiger partial charge on any atom is -0.394 e. The van der Waals surface area contributed by atoms with Crippen molar-refractivity contribution in [2.75, 3.05) is 11.9 Å². The van der Waals surface area contributed by atoms with E-state index in [0.717, 1.165) is 24.2 Å². The molecule has 1 aromatic heterocycles. The predicted octanol–water partition coefficient (Wildman–Crippen LogP) is 2.79. The minimum atomic E-state index is -0.153. The standard InChI is InChI=1S/C17H22N2O2S/c1-2-14(12-20)19-17(21)10-13-5-7-15(8-6-13)18-11-16-4-3-9-22-16/h3-9,14,18,20H,2,10-12H2,1H3,(H,19,21). The van der Waals surface area contributed by atoms with E-state index in [4.69, 9.17) is 5.11 Å². The molecule has 1 aromatic carbocycles. The van der Waals surface area contributed by atoms with Gasteiger partial charge in [0.05, 0.1) is 19.1 Å². The van der Waals surface area contributed by atoms with E-state index in [0.29, 0.717) is 6.42 Å². The van der Waals surface area contributed by atoms with Crippen molar-refractivity contribution in [1.29, 1.82) is 0 Å². The van der Waals surface area contributed by atoms with Gasteiger partial charge >= 0.3 is 0 Å². The quantitative estimate of drug-likeness (QED) is 0.701. The molecule has 3 N–H and O–H groups in total. The van der Waals surface area contributed by atoms with Crippen LogP contribution in [0.3, 0.4) is 0 Å². The number of aliphatic hydroxyl groups is 1. The molecule has 5 heteroatoms. The summed E-state index contributed by atoms with van der Waals surface area (Å²) < 4.78 is 0. The van der Waals surface area contributed by atoms with Crippen molar-refractivity contribution in [3.05, 3.63) is 52.2 Å². The van der Waals surface area contributed by atoms with Gasteiger partial charge in [-0.25, -0.2) is 0 Å². The Morgan fingerprint density at radius 2 is 2.05 bits per heavy atom. The second-order valence-corrected chi connectivity index (χ2v) is 6.19. The van der Waals surface area contributed by atoms with Gasteiger partial charge in [-0.1, -0.05) is 25.1 Å². The Labute approximate surface area is 135 Å². The van der Waals surface area contributed by atoms with Crippen molar-refractivity contribution in [1.82, 2.24) is 5.32 Å². The lowest BCUT2D eigenvalue weighted by Crippen LogP contribution is -2.37. The zero-order valence-corrected chi connectivity index (χ0v) is 13.5. The first-order chi connectivity index (χ1) is 10.7. The highest BCUT2D eigenvalue weighted by Crippen LogP contribution is 2.14. The highest BCUT2D eigenvalue weighted by Gasteiger charge is 2.09. The maximum absolute atomic E-state index is 11.9. The summed E-state index contributed by atoms with van der Waals surface area (Å²) in [7, 11) is 0. The second kappa shape index (κ2) is 8.56. The van der Waals surface area contributed by atoms with Crippen LogP contribution in [0.1, 0.15) is 23.8 Å². The molecule has 1 amide bonds. The molecule has 1 unspecified atom stereocenters. The topological polar surface area (TPSA) is 61.4 Å².